The van der Waals surface area contributed by atoms with Gasteiger partial charge in [-0.05, 0) is 17.7 Å². The van der Waals surface area contributed by atoms with Crippen molar-refractivity contribution >= 4 is 11.6 Å². The van der Waals surface area contributed by atoms with E-state index in [1.54, 1.807) is 12.1 Å². The van der Waals surface area contributed by atoms with Crippen LogP contribution < -0.4 is 16.6 Å². The van der Waals surface area contributed by atoms with Gasteiger partial charge in [-0.1, -0.05) is 18.2 Å². The third kappa shape index (κ3) is 2.76. The van der Waals surface area contributed by atoms with E-state index in [2.05, 4.69) is 10.3 Å². The molecule has 0 fully saturated rings. The summed E-state index contributed by atoms with van der Waals surface area (Å²) in [6.45, 7) is 0.332. The summed E-state index contributed by atoms with van der Waals surface area (Å²) < 4.78 is 0. The largest absolute Gasteiger partial charge is 0.398 e. The van der Waals surface area contributed by atoms with E-state index >= 15 is 0 Å². The summed E-state index contributed by atoms with van der Waals surface area (Å²) in [5.74, 6) is -0.302. The third-order valence-electron chi connectivity index (χ3n) is 2.53. The predicted octanol–water partition coefficient (Wildman–Crippen LogP) is 0.887. The smallest absolute Gasteiger partial charge is 0.251 e. The molecule has 0 bridgehead atoms. The summed E-state index contributed by atoms with van der Waals surface area (Å²) in [7, 11) is 0. The molecule has 92 valence electrons. The van der Waals surface area contributed by atoms with Crippen LogP contribution in [0.15, 0.2) is 47.4 Å². The van der Waals surface area contributed by atoms with Crippen molar-refractivity contribution in [1.82, 2.24) is 10.3 Å². The molecular weight excluding hydrogens is 230 g/mol. The molecule has 5 nitrogen and oxygen atoms in total. The predicted molar refractivity (Wildman–Crippen MR) is 69.1 cm³/mol. The van der Waals surface area contributed by atoms with Crippen LogP contribution in [0.4, 0.5) is 5.69 Å². The quantitative estimate of drug-likeness (QED) is 0.699. The van der Waals surface area contributed by atoms with E-state index in [1.807, 2.05) is 18.2 Å². The van der Waals surface area contributed by atoms with E-state index in [4.69, 9.17) is 5.73 Å². The Morgan fingerprint density at radius 1 is 1.28 bits per heavy atom. The lowest BCUT2D eigenvalue weighted by molar-refractivity contribution is 0.0951. The minimum Gasteiger partial charge on any atom is -0.398 e. The van der Waals surface area contributed by atoms with Gasteiger partial charge in [-0.25, -0.2) is 0 Å². The number of benzene rings is 1. The number of nitrogen functional groups attached to an aromatic ring is 1. The second kappa shape index (κ2) is 5.18. The number of para-hydroxylation sites is 1. The molecule has 1 aromatic carbocycles. The lowest BCUT2D eigenvalue weighted by Crippen LogP contribution is -2.24. The van der Waals surface area contributed by atoms with Gasteiger partial charge < -0.3 is 16.0 Å². The summed E-state index contributed by atoms with van der Waals surface area (Å²) in [5, 5.41) is 2.71. The van der Waals surface area contributed by atoms with Gasteiger partial charge in [0.15, 0.2) is 0 Å². The summed E-state index contributed by atoms with van der Waals surface area (Å²) in [5.41, 5.74) is 7.26. The number of nitrogens with one attached hydrogen (secondary N) is 2. The van der Waals surface area contributed by atoms with Gasteiger partial charge in [0.25, 0.3) is 5.91 Å². The van der Waals surface area contributed by atoms with Crippen LogP contribution in [-0.2, 0) is 6.54 Å². The number of H-pyrrole nitrogens is 1. The lowest BCUT2D eigenvalue weighted by Gasteiger charge is -2.07. The van der Waals surface area contributed by atoms with Crippen molar-refractivity contribution in [3.63, 3.8) is 0 Å². The number of rotatable bonds is 3. The van der Waals surface area contributed by atoms with Crippen molar-refractivity contribution in [3.8, 4) is 0 Å². The Balaban J connectivity index is 2.05. The first-order chi connectivity index (χ1) is 8.66. The number of aromatic amines is 1. The minimum absolute atomic E-state index is 0.302. The minimum atomic E-state index is -0.304. The molecule has 1 heterocycles. The highest BCUT2D eigenvalue weighted by molar-refractivity contribution is 5.93. The molecule has 18 heavy (non-hydrogen) atoms. The van der Waals surface area contributed by atoms with Crippen molar-refractivity contribution in [2.24, 2.45) is 0 Å². The molecule has 0 saturated heterocycles. The highest BCUT2D eigenvalue weighted by Crippen LogP contribution is 2.09. The van der Waals surface area contributed by atoms with Crippen molar-refractivity contribution in [1.29, 1.82) is 0 Å². The Labute approximate surface area is 104 Å². The van der Waals surface area contributed by atoms with E-state index in [0.29, 0.717) is 17.8 Å². The van der Waals surface area contributed by atoms with Crippen LogP contribution >= 0.6 is 0 Å². The monoisotopic (exact) mass is 243 g/mol. The fourth-order valence-corrected chi connectivity index (χ4v) is 1.56. The number of pyridine rings is 1. The first-order valence-electron chi connectivity index (χ1n) is 5.47. The molecular formula is C13H13N3O2. The fraction of sp³-hybridized carbons (Fsp3) is 0.0769. The lowest BCUT2D eigenvalue weighted by atomic mass is 10.1. The Bertz CT molecular complexity index is 619. The zero-order chi connectivity index (χ0) is 13.0. The third-order valence-corrected chi connectivity index (χ3v) is 2.53. The Morgan fingerprint density at radius 2 is 2.06 bits per heavy atom. The Hall–Kier alpha value is -2.56. The summed E-state index contributed by atoms with van der Waals surface area (Å²) in [4.78, 5) is 25.3. The molecule has 0 unspecified atom stereocenters. The molecule has 0 radical (unpaired) electrons. The summed E-state index contributed by atoms with van der Waals surface area (Å²) in [6.07, 6.45) is 1.44. The average Bonchev–Trinajstić information content (AvgIpc) is 2.37. The van der Waals surface area contributed by atoms with Crippen LogP contribution in [0.25, 0.3) is 0 Å². The molecule has 0 atom stereocenters. The van der Waals surface area contributed by atoms with Crippen LogP contribution in [0.5, 0.6) is 0 Å². The average molecular weight is 243 g/mol. The molecule has 0 spiro atoms. The molecule has 1 amide bonds. The van der Waals surface area contributed by atoms with Gasteiger partial charge in [-0.15, -0.1) is 0 Å². The van der Waals surface area contributed by atoms with E-state index in [9.17, 15) is 9.59 Å². The maximum Gasteiger partial charge on any atom is 0.251 e. The van der Waals surface area contributed by atoms with Gasteiger partial charge in [-0.3, -0.25) is 9.59 Å². The van der Waals surface area contributed by atoms with E-state index < -0.39 is 0 Å². The van der Waals surface area contributed by atoms with Crippen molar-refractivity contribution in [2.75, 3.05) is 5.73 Å². The van der Waals surface area contributed by atoms with Crippen molar-refractivity contribution in [2.45, 2.75) is 6.54 Å². The van der Waals surface area contributed by atoms with Gasteiger partial charge in [-0.2, -0.15) is 0 Å². The maximum atomic E-state index is 11.8. The number of carbonyl (C=O) groups excluding carboxylic acids is 1. The van der Waals surface area contributed by atoms with E-state index in [-0.39, 0.29) is 11.5 Å². The normalized spacial score (nSPS) is 10.0. The molecule has 1 aromatic heterocycles. The number of carbonyl (C=O) groups is 1. The first kappa shape index (κ1) is 11.9. The highest BCUT2D eigenvalue weighted by atomic mass is 16.2. The van der Waals surface area contributed by atoms with Crippen molar-refractivity contribution in [3.05, 3.63) is 64.1 Å². The van der Waals surface area contributed by atoms with Crippen LogP contribution in [0.1, 0.15) is 15.9 Å². The number of amides is 1. The van der Waals surface area contributed by atoms with Gasteiger partial charge in [0.2, 0.25) is 5.56 Å². The zero-order valence-electron chi connectivity index (χ0n) is 9.64. The highest BCUT2D eigenvalue weighted by Gasteiger charge is 2.06. The summed E-state index contributed by atoms with van der Waals surface area (Å²) >= 11 is 0. The molecule has 0 aliphatic carbocycles. The van der Waals surface area contributed by atoms with Gasteiger partial charge >= 0.3 is 0 Å². The number of hydrogen-bond donors (Lipinski definition) is 3. The van der Waals surface area contributed by atoms with E-state index in [1.165, 1.54) is 12.3 Å². The van der Waals surface area contributed by atoms with Gasteiger partial charge in [0.05, 0.1) is 0 Å². The topological polar surface area (TPSA) is 88.0 Å². The molecule has 0 aliphatic rings. The van der Waals surface area contributed by atoms with Crippen LogP contribution in [0, 0.1) is 0 Å². The standard InChI is InChI=1S/C13H13N3O2/c14-11-4-2-1-3-10(11)8-16-13(18)9-5-6-15-12(17)7-9/h1-7H,8,14H2,(H,15,17)(H,16,18). The molecule has 5 heteroatoms. The zero-order valence-corrected chi connectivity index (χ0v) is 9.64. The first-order valence-corrected chi connectivity index (χ1v) is 5.47. The van der Waals surface area contributed by atoms with Crippen LogP contribution in [-0.4, -0.2) is 10.9 Å². The van der Waals surface area contributed by atoms with Crippen LogP contribution in [0.3, 0.4) is 0 Å². The number of anilines is 1. The van der Waals surface area contributed by atoms with E-state index in [0.717, 1.165) is 5.56 Å². The second-order valence-electron chi connectivity index (χ2n) is 3.82. The molecule has 2 aromatic rings. The number of aromatic nitrogens is 1. The molecule has 0 aliphatic heterocycles. The Kier molecular flexibility index (Phi) is 3.43. The molecule has 0 saturated carbocycles. The van der Waals surface area contributed by atoms with Crippen molar-refractivity contribution < 1.29 is 4.79 Å². The SMILES string of the molecule is Nc1ccccc1CNC(=O)c1cc[nH]c(=O)c1. The molecule has 2 rings (SSSR count). The number of nitrogens with two attached hydrogens (primary N) is 1. The molecule has 4 N–H and O–H groups in total. The second-order valence-corrected chi connectivity index (χ2v) is 3.82. The summed E-state index contributed by atoms with van der Waals surface area (Å²) in [6, 6.07) is 10.1. The Morgan fingerprint density at radius 3 is 2.78 bits per heavy atom. The number of hydrogen-bond acceptors (Lipinski definition) is 3. The fourth-order valence-electron chi connectivity index (χ4n) is 1.56. The maximum absolute atomic E-state index is 11.8. The van der Waals surface area contributed by atoms with Crippen LogP contribution in [0.2, 0.25) is 0 Å². The van der Waals surface area contributed by atoms with Gasteiger partial charge in [0.1, 0.15) is 0 Å². The van der Waals surface area contributed by atoms with Gasteiger partial charge in [0, 0.05) is 30.1 Å².